The fourth-order valence-corrected chi connectivity index (χ4v) is 1.11. The summed E-state index contributed by atoms with van der Waals surface area (Å²) in [6, 6.07) is 7.46. The van der Waals surface area contributed by atoms with Gasteiger partial charge in [-0.3, -0.25) is 0 Å². The largest absolute Gasteiger partial charge is 0.508 e. The first-order valence-corrected chi connectivity index (χ1v) is 5.52. The second-order valence-electron chi connectivity index (χ2n) is 5.94. The Hall–Kier alpha value is -1.02. The van der Waals surface area contributed by atoms with E-state index in [0.29, 0.717) is 5.75 Å². The molecule has 2 N–H and O–H groups in total. The number of aliphatic hydroxyl groups is 1. The van der Waals surface area contributed by atoms with Gasteiger partial charge in [0.2, 0.25) is 0 Å². The molecule has 0 spiro atoms. The van der Waals surface area contributed by atoms with Crippen molar-refractivity contribution in [2.24, 2.45) is 0 Å². The van der Waals surface area contributed by atoms with E-state index in [1.165, 1.54) is 0 Å². The Morgan fingerprint density at radius 1 is 0.875 bits per heavy atom. The van der Waals surface area contributed by atoms with Gasteiger partial charge >= 0.3 is 0 Å². The molecule has 1 rings (SSSR count). The van der Waals surface area contributed by atoms with E-state index >= 15 is 0 Å². The van der Waals surface area contributed by atoms with E-state index in [-0.39, 0.29) is 5.41 Å². The van der Waals surface area contributed by atoms with Crippen molar-refractivity contribution in [3.63, 3.8) is 0 Å². The molecule has 0 aliphatic heterocycles. The Kier molecular flexibility index (Phi) is 5.01. The summed E-state index contributed by atoms with van der Waals surface area (Å²) in [5, 5.41) is 18.0. The highest BCUT2D eigenvalue weighted by Crippen LogP contribution is 2.29. The molecule has 0 amide bonds. The molecular formula is C14H24O2. The normalized spacial score (nSPS) is 11.7. The molecular weight excluding hydrogens is 200 g/mol. The number of phenolic OH excluding ortho intramolecular Hbond substituents is 1. The van der Waals surface area contributed by atoms with Gasteiger partial charge < -0.3 is 10.2 Å². The summed E-state index contributed by atoms with van der Waals surface area (Å²) in [5.41, 5.74) is 0.533. The number of para-hydroxylation sites is 1. The predicted molar refractivity (Wildman–Crippen MR) is 68.8 cm³/mol. The van der Waals surface area contributed by atoms with Gasteiger partial charge in [-0.05, 0) is 37.8 Å². The number of benzene rings is 1. The highest BCUT2D eigenvalue weighted by atomic mass is 16.3. The Morgan fingerprint density at radius 3 is 1.50 bits per heavy atom. The molecule has 2 nitrogen and oxygen atoms in total. The second kappa shape index (κ2) is 5.35. The van der Waals surface area contributed by atoms with Crippen LogP contribution in [-0.4, -0.2) is 15.8 Å². The van der Waals surface area contributed by atoms with E-state index in [4.69, 9.17) is 5.11 Å². The predicted octanol–water partition coefficient (Wildman–Crippen LogP) is 3.47. The minimum atomic E-state index is -0.500. The second-order valence-corrected chi connectivity index (χ2v) is 5.94. The van der Waals surface area contributed by atoms with E-state index in [1.807, 2.05) is 18.2 Å². The monoisotopic (exact) mass is 224 g/mol. The number of hydrogen-bond donors (Lipinski definition) is 2. The quantitative estimate of drug-likeness (QED) is 0.708. The van der Waals surface area contributed by atoms with Crippen molar-refractivity contribution in [3.8, 4) is 5.75 Å². The van der Waals surface area contributed by atoms with Gasteiger partial charge in [-0.25, -0.2) is 0 Å². The maximum absolute atomic E-state index is 9.45. The lowest BCUT2D eigenvalue weighted by molar-refractivity contribution is 0.102. The van der Waals surface area contributed by atoms with Crippen molar-refractivity contribution >= 4 is 0 Å². The van der Waals surface area contributed by atoms with Crippen LogP contribution in [0.3, 0.4) is 0 Å². The van der Waals surface area contributed by atoms with Crippen LogP contribution in [0.1, 0.15) is 47.1 Å². The van der Waals surface area contributed by atoms with Crippen molar-refractivity contribution in [1.29, 1.82) is 0 Å². The Labute approximate surface area is 98.9 Å². The third-order valence-electron chi connectivity index (χ3n) is 1.71. The zero-order valence-electron chi connectivity index (χ0n) is 11.2. The molecule has 0 bridgehead atoms. The lowest BCUT2D eigenvalue weighted by atomic mass is 9.86. The fourth-order valence-electron chi connectivity index (χ4n) is 1.11. The summed E-state index contributed by atoms with van der Waals surface area (Å²) >= 11 is 0. The first-order valence-electron chi connectivity index (χ1n) is 5.52. The number of phenols is 1. The van der Waals surface area contributed by atoms with E-state index in [2.05, 4.69) is 20.8 Å². The molecule has 0 saturated heterocycles. The molecule has 92 valence electrons. The Morgan fingerprint density at radius 2 is 1.25 bits per heavy atom. The highest BCUT2D eigenvalue weighted by molar-refractivity contribution is 5.36. The minimum Gasteiger partial charge on any atom is -0.508 e. The average molecular weight is 224 g/mol. The number of aromatic hydroxyl groups is 1. The molecule has 0 heterocycles. The first kappa shape index (κ1) is 15.0. The van der Waals surface area contributed by atoms with Gasteiger partial charge in [0.25, 0.3) is 0 Å². The van der Waals surface area contributed by atoms with Crippen LogP contribution in [-0.2, 0) is 5.41 Å². The van der Waals surface area contributed by atoms with Crippen molar-refractivity contribution in [2.75, 3.05) is 0 Å². The Balaban J connectivity index is 0.000000385. The van der Waals surface area contributed by atoms with Crippen LogP contribution >= 0.6 is 0 Å². The minimum absolute atomic E-state index is 0.0331. The lowest BCUT2D eigenvalue weighted by Crippen LogP contribution is -2.10. The van der Waals surface area contributed by atoms with Crippen LogP contribution in [0.15, 0.2) is 24.3 Å². The molecule has 0 unspecified atom stereocenters. The van der Waals surface area contributed by atoms with Crippen LogP contribution in [0.2, 0.25) is 0 Å². The summed E-state index contributed by atoms with van der Waals surface area (Å²) in [5.74, 6) is 0.389. The smallest absolute Gasteiger partial charge is 0.119 e. The van der Waals surface area contributed by atoms with E-state index < -0.39 is 5.60 Å². The zero-order valence-corrected chi connectivity index (χ0v) is 11.2. The van der Waals surface area contributed by atoms with E-state index in [1.54, 1.807) is 26.8 Å². The van der Waals surface area contributed by atoms with Gasteiger partial charge in [-0.15, -0.1) is 0 Å². The zero-order chi connectivity index (χ0) is 13.0. The summed E-state index contributed by atoms with van der Waals surface area (Å²) < 4.78 is 0. The SMILES string of the molecule is CC(C)(C)O.CC(C)(C)c1ccccc1O. The lowest BCUT2D eigenvalue weighted by Gasteiger charge is -2.19. The molecule has 0 radical (unpaired) electrons. The molecule has 2 heteroatoms. The summed E-state index contributed by atoms with van der Waals surface area (Å²) in [6.45, 7) is 11.5. The molecule has 0 fully saturated rings. The van der Waals surface area contributed by atoms with Crippen LogP contribution in [0.5, 0.6) is 5.75 Å². The molecule has 1 aromatic rings. The van der Waals surface area contributed by atoms with E-state index in [9.17, 15) is 5.11 Å². The van der Waals surface area contributed by atoms with Crippen molar-refractivity contribution < 1.29 is 10.2 Å². The highest BCUT2D eigenvalue weighted by Gasteiger charge is 2.16. The van der Waals surface area contributed by atoms with Gasteiger partial charge in [0.1, 0.15) is 5.75 Å². The molecule has 0 atom stereocenters. The average Bonchev–Trinajstić information content (AvgIpc) is 1.99. The van der Waals surface area contributed by atoms with Crippen molar-refractivity contribution in [2.45, 2.75) is 52.6 Å². The first-order chi connectivity index (χ1) is 7.02. The van der Waals surface area contributed by atoms with Crippen molar-refractivity contribution in [1.82, 2.24) is 0 Å². The van der Waals surface area contributed by atoms with Crippen LogP contribution in [0.25, 0.3) is 0 Å². The summed E-state index contributed by atoms with van der Waals surface area (Å²) in [7, 11) is 0. The Bertz CT molecular complexity index is 310. The topological polar surface area (TPSA) is 40.5 Å². The standard InChI is InChI=1S/C10H14O.C4H10O/c1-10(2,3)8-6-4-5-7-9(8)11;1-4(2,3)5/h4-7,11H,1-3H3;5H,1-3H3. The van der Waals surface area contributed by atoms with Gasteiger partial charge in [0.05, 0.1) is 5.60 Å². The maximum atomic E-state index is 9.45. The van der Waals surface area contributed by atoms with Crippen molar-refractivity contribution in [3.05, 3.63) is 29.8 Å². The molecule has 0 aliphatic carbocycles. The maximum Gasteiger partial charge on any atom is 0.119 e. The van der Waals surface area contributed by atoms with Gasteiger partial charge in [0, 0.05) is 0 Å². The van der Waals surface area contributed by atoms with Gasteiger partial charge in [-0.1, -0.05) is 39.0 Å². The third-order valence-corrected chi connectivity index (χ3v) is 1.71. The summed E-state index contributed by atoms with van der Waals surface area (Å²) in [6.07, 6.45) is 0. The molecule has 16 heavy (non-hydrogen) atoms. The summed E-state index contributed by atoms with van der Waals surface area (Å²) in [4.78, 5) is 0. The van der Waals surface area contributed by atoms with Crippen LogP contribution in [0, 0.1) is 0 Å². The molecule has 1 aromatic carbocycles. The molecule has 0 saturated carbocycles. The van der Waals surface area contributed by atoms with Crippen LogP contribution in [0.4, 0.5) is 0 Å². The fraction of sp³-hybridized carbons (Fsp3) is 0.571. The van der Waals surface area contributed by atoms with Gasteiger partial charge in [0.15, 0.2) is 0 Å². The van der Waals surface area contributed by atoms with Crippen LogP contribution < -0.4 is 0 Å². The molecule has 0 aliphatic rings. The van der Waals surface area contributed by atoms with E-state index in [0.717, 1.165) is 5.56 Å². The third kappa shape index (κ3) is 7.30. The van der Waals surface area contributed by atoms with Gasteiger partial charge in [-0.2, -0.15) is 0 Å². The number of hydrogen-bond acceptors (Lipinski definition) is 2. The molecule has 0 aromatic heterocycles. The number of rotatable bonds is 0.